The van der Waals surface area contributed by atoms with E-state index in [0.717, 1.165) is 4.57 Å². The summed E-state index contributed by atoms with van der Waals surface area (Å²) in [6.45, 7) is 1.26. The Kier molecular flexibility index (Phi) is 3.92. The van der Waals surface area contributed by atoms with E-state index in [2.05, 4.69) is 15.4 Å². The quantitative estimate of drug-likeness (QED) is 0.799. The van der Waals surface area contributed by atoms with Gasteiger partial charge in [-0.1, -0.05) is 0 Å². The van der Waals surface area contributed by atoms with Crippen LogP contribution in [-0.2, 0) is 11.3 Å². The van der Waals surface area contributed by atoms with Gasteiger partial charge in [-0.05, 0) is 6.92 Å². The summed E-state index contributed by atoms with van der Waals surface area (Å²) in [6, 6.07) is 0. The largest absolute Gasteiger partial charge is 0.480 e. The number of aryl methyl sites for hydroxylation is 1. The number of aliphatic carboxylic acids is 1. The molecule has 0 unspecified atom stereocenters. The SMILES string of the molecule is CNc1nc(C)c2c(=O)n(CC(=O)O)cnn12.Cl. The average molecular weight is 274 g/mol. The second kappa shape index (κ2) is 5.05. The third-order valence-electron chi connectivity index (χ3n) is 2.33. The number of anilines is 1. The monoisotopic (exact) mass is 273 g/mol. The van der Waals surface area contributed by atoms with Gasteiger partial charge in [0.2, 0.25) is 5.95 Å². The number of carbonyl (C=O) groups is 1. The van der Waals surface area contributed by atoms with E-state index >= 15 is 0 Å². The molecule has 0 radical (unpaired) electrons. The summed E-state index contributed by atoms with van der Waals surface area (Å²) < 4.78 is 2.39. The Labute approximate surface area is 108 Å². The maximum atomic E-state index is 12.0. The lowest BCUT2D eigenvalue weighted by molar-refractivity contribution is -0.137. The van der Waals surface area contributed by atoms with Crippen molar-refractivity contribution in [1.29, 1.82) is 0 Å². The molecule has 2 rings (SSSR count). The zero-order valence-electron chi connectivity index (χ0n) is 9.75. The van der Waals surface area contributed by atoms with Gasteiger partial charge in [0.25, 0.3) is 5.56 Å². The van der Waals surface area contributed by atoms with Gasteiger partial charge in [-0.2, -0.15) is 9.61 Å². The molecule has 8 nitrogen and oxygen atoms in total. The van der Waals surface area contributed by atoms with E-state index in [4.69, 9.17) is 5.11 Å². The van der Waals surface area contributed by atoms with Crippen LogP contribution in [-0.4, -0.2) is 37.3 Å². The number of carboxylic acid groups (broad SMARTS) is 1. The van der Waals surface area contributed by atoms with E-state index < -0.39 is 18.1 Å². The number of nitrogens with zero attached hydrogens (tertiary/aromatic N) is 4. The first-order valence-electron chi connectivity index (χ1n) is 4.89. The zero-order valence-corrected chi connectivity index (χ0v) is 10.6. The number of hydrogen-bond acceptors (Lipinski definition) is 5. The van der Waals surface area contributed by atoms with E-state index in [1.807, 2.05) is 0 Å². The Morgan fingerprint density at radius 1 is 1.56 bits per heavy atom. The first-order valence-corrected chi connectivity index (χ1v) is 4.89. The third kappa shape index (κ3) is 2.14. The molecule has 2 N–H and O–H groups in total. The van der Waals surface area contributed by atoms with E-state index in [-0.39, 0.29) is 17.9 Å². The van der Waals surface area contributed by atoms with Crippen molar-refractivity contribution in [3.05, 3.63) is 22.4 Å². The molecule has 18 heavy (non-hydrogen) atoms. The predicted octanol–water partition coefficient (Wildman–Crippen LogP) is -0.252. The summed E-state index contributed by atoms with van der Waals surface area (Å²) in [5.74, 6) is -0.652. The van der Waals surface area contributed by atoms with Crippen LogP contribution < -0.4 is 10.9 Å². The predicted molar refractivity (Wildman–Crippen MR) is 66.4 cm³/mol. The first kappa shape index (κ1) is 14.0. The molecule has 0 saturated carbocycles. The molecule has 0 atom stereocenters. The minimum absolute atomic E-state index is 0. The average Bonchev–Trinajstić information content (AvgIpc) is 2.59. The van der Waals surface area contributed by atoms with Crippen molar-refractivity contribution in [1.82, 2.24) is 19.2 Å². The number of halogens is 1. The van der Waals surface area contributed by atoms with Crippen molar-refractivity contribution in [2.45, 2.75) is 13.5 Å². The molecule has 0 aliphatic rings. The molecule has 2 aromatic heterocycles. The fourth-order valence-electron chi connectivity index (χ4n) is 1.60. The highest BCUT2D eigenvalue weighted by Gasteiger charge is 2.14. The molecule has 0 aliphatic heterocycles. The van der Waals surface area contributed by atoms with Gasteiger partial charge in [-0.25, -0.2) is 4.98 Å². The molecule has 0 spiro atoms. The fourth-order valence-corrected chi connectivity index (χ4v) is 1.60. The molecule has 9 heteroatoms. The summed E-state index contributed by atoms with van der Waals surface area (Å²) in [7, 11) is 1.67. The van der Waals surface area contributed by atoms with Crippen molar-refractivity contribution >= 4 is 29.8 Å². The normalized spacial score (nSPS) is 10.1. The Hall–Kier alpha value is -2.09. The van der Waals surface area contributed by atoms with Gasteiger partial charge in [-0.3, -0.25) is 14.2 Å². The first-order chi connectivity index (χ1) is 8.04. The van der Waals surface area contributed by atoms with E-state index in [9.17, 15) is 9.59 Å². The van der Waals surface area contributed by atoms with E-state index in [1.165, 1.54) is 10.8 Å². The van der Waals surface area contributed by atoms with Crippen LogP contribution in [0.3, 0.4) is 0 Å². The number of rotatable bonds is 3. The Balaban J connectivity index is 0.00000162. The van der Waals surface area contributed by atoms with E-state index in [0.29, 0.717) is 11.6 Å². The van der Waals surface area contributed by atoms with Crippen molar-refractivity contribution in [3.8, 4) is 0 Å². The number of carboxylic acids is 1. The molecule has 0 aromatic carbocycles. The van der Waals surface area contributed by atoms with Gasteiger partial charge in [0.1, 0.15) is 12.9 Å². The molecule has 0 aliphatic carbocycles. The number of nitrogens with one attached hydrogen (secondary N) is 1. The van der Waals surface area contributed by atoms with Crippen LogP contribution in [0.2, 0.25) is 0 Å². The maximum Gasteiger partial charge on any atom is 0.323 e. The highest BCUT2D eigenvalue weighted by atomic mass is 35.5. The van der Waals surface area contributed by atoms with Crippen molar-refractivity contribution in [3.63, 3.8) is 0 Å². The fraction of sp³-hybridized carbons (Fsp3) is 0.333. The van der Waals surface area contributed by atoms with E-state index in [1.54, 1.807) is 14.0 Å². The molecule has 0 amide bonds. The van der Waals surface area contributed by atoms with Gasteiger partial charge in [0, 0.05) is 7.05 Å². The molecular formula is C9H12ClN5O3. The summed E-state index contributed by atoms with van der Waals surface area (Å²) in [5.41, 5.74) is 0.360. The second-order valence-corrected chi connectivity index (χ2v) is 3.49. The third-order valence-corrected chi connectivity index (χ3v) is 2.33. The molecule has 0 fully saturated rings. The van der Waals surface area contributed by atoms with Gasteiger partial charge in [0.05, 0.1) is 5.69 Å². The number of fused-ring (bicyclic) bond motifs is 1. The summed E-state index contributed by atoms with van der Waals surface area (Å²) in [4.78, 5) is 26.7. The van der Waals surface area contributed by atoms with Crippen molar-refractivity contribution < 1.29 is 9.90 Å². The van der Waals surface area contributed by atoms with Gasteiger partial charge in [-0.15, -0.1) is 12.4 Å². The number of aromatic nitrogens is 4. The summed E-state index contributed by atoms with van der Waals surface area (Å²) >= 11 is 0. The minimum atomic E-state index is -1.09. The van der Waals surface area contributed by atoms with Crippen LogP contribution in [0, 0.1) is 6.92 Å². The Morgan fingerprint density at radius 2 is 2.22 bits per heavy atom. The van der Waals surface area contributed by atoms with Crippen LogP contribution >= 0.6 is 12.4 Å². The highest BCUT2D eigenvalue weighted by molar-refractivity contribution is 5.85. The maximum absolute atomic E-state index is 12.0. The van der Waals surface area contributed by atoms with Crippen LogP contribution in [0.1, 0.15) is 5.69 Å². The van der Waals surface area contributed by atoms with Crippen LogP contribution in [0.4, 0.5) is 5.95 Å². The molecule has 0 saturated heterocycles. The van der Waals surface area contributed by atoms with Crippen molar-refractivity contribution in [2.75, 3.05) is 12.4 Å². The standard InChI is InChI=1S/C9H11N5O3.ClH/c1-5-7-8(17)13(3-6(15)16)4-11-14(7)9(10-2)12-5;/h4H,3H2,1-2H3,(H,10,12)(H,15,16);1H. The molecular weight excluding hydrogens is 262 g/mol. The lowest BCUT2D eigenvalue weighted by Gasteiger charge is -2.02. The van der Waals surface area contributed by atoms with Gasteiger partial charge >= 0.3 is 5.97 Å². The van der Waals surface area contributed by atoms with Gasteiger partial charge in [0.15, 0.2) is 5.52 Å². The van der Waals surface area contributed by atoms with Crippen LogP contribution in [0.15, 0.2) is 11.1 Å². The van der Waals surface area contributed by atoms with Crippen LogP contribution in [0.25, 0.3) is 5.52 Å². The molecule has 98 valence electrons. The molecule has 0 bridgehead atoms. The van der Waals surface area contributed by atoms with Crippen LogP contribution in [0.5, 0.6) is 0 Å². The number of imidazole rings is 1. The lowest BCUT2D eigenvalue weighted by atomic mass is 10.4. The summed E-state index contributed by atoms with van der Waals surface area (Å²) in [6.07, 6.45) is 1.19. The molecule has 2 heterocycles. The Bertz CT molecular complexity index is 647. The topological polar surface area (TPSA) is 102 Å². The zero-order chi connectivity index (χ0) is 12.6. The second-order valence-electron chi connectivity index (χ2n) is 3.49. The van der Waals surface area contributed by atoms with Crippen molar-refractivity contribution in [2.24, 2.45) is 0 Å². The smallest absolute Gasteiger partial charge is 0.323 e. The summed E-state index contributed by atoms with van der Waals surface area (Å²) in [5, 5.41) is 15.4. The highest BCUT2D eigenvalue weighted by Crippen LogP contribution is 2.09. The lowest BCUT2D eigenvalue weighted by Crippen LogP contribution is -2.26. The minimum Gasteiger partial charge on any atom is -0.480 e. The number of hydrogen-bond donors (Lipinski definition) is 2. The van der Waals surface area contributed by atoms with Gasteiger partial charge < -0.3 is 10.4 Å². The molecule has 2 aromatic rings. The Morgan fingerprint density at radius 3 is 2.78 bits per heavy atom.